The van der Waals surface area contributed by atoms with Crippen LogP contribution in [0.4, 0.5) is 0 Å². The van der Waals surface area contributed by atoms with Gasteiger partial charge in [0.25, 0.3) is 5.56 Å². The molecule has 0 fully saturated rings. The maximum absolute atomic E-state index is 13.1. The number of aryl methyl sites for hydroxylation is 1. The predicted octanol–water partition coefficient (Wildman–Crippen LogP) is 3.16. The van der Waals surface area contributed by atoms with E-state index < -0.39 is 5.54 Å². The summed E-state index contributed by atoms with van der Waals surface area (Å²) in [5.74, 6) is 0.319. The summed E-state index contributed by atoms with van der Waals surface area (Å²) in [6, 6.07) is 21.2. The molecule has 0 radical (unpaired) electrons. The molecule has 0 saturated carbocycles. The van der Waals surface area contributed by atoms with E-state index in [2.05, 4.69) is 25.3 Å². The monoisotopic (exact) mass is 425 g/mol. The number of amides is 1. The summed E-state index contributed by atoms with van der Waals surface area (Å²) in [6.45, 7) is 3.67. The van der Waals surface area contributed by atoms with Crippen LogP contribution in [0.2, 0.25) is 0 Å². The van der Waals surface area contributed by atoms with Gasteiger partial charge in [-0.05, 0) is 31.0 Å². The van der Waals surface area contributed by atoms with Crippen molar-refractivity contribution in [2.24, 2.45) is 0 Å². The first-order valence-electron chi connectivity index (χ1n) is 10.3. The molecule has 0 aliphatic rings. The second-order valence-electron chi connectivity index (χ2n) is 7.63. The zero-order chi connectivity index (χ0) is 22.6. The number of H-pyrrole nitrogens is 1. The van der Waals surface area contributed by atoms with Crippen molar-refractivity contribution in [1.82, 2.24) is 25.3 Å². The molecule has 2 heterocycles. The topological polar surface area (TPSA) is 101 Å². The molecule has 0 unspecified atom stereocenters. The molecule has 0 bridgehead atoms. The number of carbonyl (C=O) groups excluding carboxylic acids is 1. The number of carbonyl (C=O) groups is 1. The number of nitrogens with one attached hydrogen (secondary N) is 2. The van der Waals surface area contributed by atoms with Crippen LogP contribution < -0.4 is 10.9 Å². The fraction of sp³-hybridized carbons (Fsp3) is 0.160. The van der Waals surface area contributed by atoms with Gasteiger partial charge in [-0.1, -0.05) is 60.7 Å². The Bertz CT molecular complexity index is 1230. The summed E-state index contributed by atoms with van der Waals surface area (Å²) < 4.78 is 0. The molecule has 2 aromatic heterocycles. The van der Waals surface area contributed by atoms with Crippen LogP contribution in [0.1, 0.15) is 29.3 Å². The zero-order valence-corrected chi connectivity index (χ0v) is 17.9. The van der Waals surface area contributed by atoms with Crippen LogP contribution in [0, 0.1) is 6.92 Å². The quantitative estimate of drug-likeness (QED) is 0.494. The third-order valence-corrected chi connectivity index (χ3v) is 5.43. The first kappa shape index (κ1) is 21.1. The number of benzene rings is 2. The summed E-state index contributed by atoms with van der Waals surface area (Å²) >= 11 is 0. The van der Waals surface area contributed by atoms with Crippen molar-refractivity contribution in [3.8, 4) is 11.6 Å². The number of hydrogen-bond donors (Lipinski definition) is 2. The highest BCUT2D eigenvalue weighted by molar-refractivity contribution is 5.80. The Hall–Kier alpha value is -4.13. The van der Waals surface area contributed by atoms with Crippen molar-refractivity contribution < 1.29 is 4.79 Å². The molecule has 0 saturated heterocycles. The van der Waals surface area contributed by atoms with Crippen LogP contribution in [0.5, 0.6) is 0 Å². The number of aromatic amines is 1. The van der Waals surface area contributed by atoms with Gasteiger partial charge in [0.15, 0.2) is 11.6 Å². The summed E-state index contributed by atoms with van der Waals surface area (Å²) in [6.07, 6.45) is 3.05. The van der Waals surface area contributed by atoms with Crippen LogP contribution in [-0.2, 0) is 16.8 Å². The molecular weight excluding hydrogens is 402 g/mol. The first-order valence-corrected chi connectivity index (χ1v) is 10.3. The minimum Gasteiger partial charge on any atom is -0.342 e. The molecule has 0 spiro atoms. The van der Waals surface area contributed by atoms with Gasteiger partial charge in [0, 0.05) is 23.7 Å². The van der Waals surface area contributed by atoms with E-state index in [4.69, 9.17) is 0 Å². The Balaban J connectivity index is 1.63. The van der Waals surface area contributed by atoms with E-state index in [1.807, 2.05) is 67.6 Å². The van der Waals surface area contributed by atoms with E-state index in [1.54, 1.807) is 25.4 Å². The van der Waals surface area contributed by atoms with Gasteiger partial charge in [-0.3, -0.25) is 9.59 Å². The average molecular weight is 425 g/mol. The predicted molar refractivity (Wildman–Crippen MR) is 122 cm³/mol. The lowest BCUT2D eigenvalue weighted by Crippen LogP contribution is -2.45. The third kappa shape index (κ3) is 4.32. The van der Waals surface area contributed by atoms with Crippen LogP contribution >= 0.6 is 0 Å². The Morgan fingerprint density at radius 1 is 0.938 bits per heavy atom. The smallest absolute Gasteiger partial charge is 0.255 e. The van der Waals surface area contributed by atoms with Crippen LogP contribution in [-0.4, -0.2) is 25.8 Å². The molecule has 7 nitrogen and oxygen atoms in total. The van der Waals surface area contributed by atoms with Crippen molar-refractivity contribution >= 4 is 5.91 Å². The van der Waals surface area contributed by atoms with E-state index in [0.717, 1.165) is 11.1 Å². The highest BCUT2D eigenvalue weighted by Crippen LogP contribution is 2.29. The molecule has 2 aromatic carbocycles. The molecule has 1 amide bonds. The van der Waals surface area contributed by atoms with E-state index in [0.29, 0.717) is 17.1 Å². The van der Waals surface area contributed by atoms with Crippen molar-refractivity contribution in [1.29, 1.82) is 0 Å². The maximum atomic E-state index is 13.1. The molecule has 0 aliphatic carbocycles. The summed E-state index contributed by atoms with van der Waals surface area (Å²) in [4.78, 5) is 41.2. The largest absolute Gasteiger partial charge is 0.342 e. The normalized spacial score (nSPS) is 11.2. The lowest BCUT2D eigenvalue weighted by atomic mass is 9.84. The molecule has 4 rings (SSSR count). The highest BCUT2D eigenvalue weighted by Gasteiger charge is 2.31. The van der Waals surface area contributed by atoms with Crippen LogP contribution in [0.3, 0.4) is 0 Å². The lowest BCUT2D eigenvalue weighted by molar-refractivity contribution is -0.121. The summed E-state index contributed by atoms with van der Waals surface area (Å²) in [7, 11) is 0. The Morgan fingerprint density at radius 3 is 2.03 bits per heavy atom. The molecule has 32 heavy (non-hydrogen) atoms. The highest BCUT2D eigenvalue weighted by atomic mass is 16.2. The number of hydrogen-bond acceptors (Lipinski definition) is 5. The molecule has 4 aromatic rings. The van der Waals surface area contributed by atoms with Crippen molar-refractivity contribution in [3.05, 3.63) is 112 Å². The van der Waals surface area contributed by atoms with E-state index in [-0.39, 0.29) is 23.7 Å². The fourth-order valence-corrected chi connectivity index (χ4v) is 3.68. The second-order valence-corrected chi connectivity index (χ2v) is 7.63. The van der Waals surface area contributed by atoms with Crippen LogP contribution in [0.25, 0.3) is 11.6 Å². The Labute approximate surface area is 185 Å². The standard InChI is InChI=1S/C25H23N5O2/c1-17-20(24(32)29-23(28-17)22-26-14-9-15-27-22)16-21(31)30-25(2,18-10-5-3-6-11-18)19-12-7-4-8-13-19/h3-15H,16H2,1-2H3,(H,30,31)(H,28,29,32). The second kappa shape index (κ2) is 8.93. The minimum atomic E-state index is -0.758. The van der Waals surface area contributed by atoms with Gasteiger partial charge < -0.3 is 10.3 Å². The summed E-state index contributed by atoms with van der Waals surface area (Å²) in [5, 5.41) is 3.13. The Kier molecular flexibility index (Phi) is 5.89. The summed E-state index contributed by atoms with van der Waals surface area (Å²) in [5.41, 5.74) is 1.53. The fourth-order valence-electron chi connectivity index (χ4n) is 3.68. The minimum absolute atomic E-state index is 0.0979. The number of rotatable bonds is 6. The average Bonchev–Trinajstić information content (AvgIpc) is 2.83. The third-order valence-electron chi connectivity index (χ3n) is 5.43. The van der Waals surface area contributed by atoms with Gasteiger partial charge >= 0.3 is 0 Å². The van der Waals surface area contributed by atoms with Gasteiger partial charge in [-0.25, -0.2) is 15.0 Å². The molecule has 7 heteroatoms. The number of aromatic nitrogens is 4. The van der Waals surface area contributed by atoms with E-state index in [1.165, 1.54) is 0 Å². The van der Waals surface area contributed by atoms with Gasteiger partial charge in [-0.2, -0.15) is 0 Å². The molecule has 160 valence electrons. The first-order chi connectivity index (χ1) is 15.5. The van der Waals surface area contributed by atoms with E-state index >= 15 is 0 Å². The van der Waals surface area contributed by atoms with Crippen molar-refractivity contribution in [3.63, 3.8) is 0 Å². The SMILES string of the molecule is Cc1nc(-c2ncccn2)[nH]c(=O)c1CC(=O)NC(C)(c1ccccc1)c1ccccc1. The lowest BCUT2D eigenvalue weighted by Gasteiger charge is -2.32. The van der Waals surface area contributed by atoms with Gasteiger partial charge in [0.2, 0.25) is 5.91 Å². The van der Waals surface area contributed by atoms with Crippen molar-refractivity contribution in [2.45, 2.75) is 25.8 Å². The molecule has 2 N–H and O–H groups in total. The van der Waals surface area contributed by atoms with E-state index in [9.17, 15) is 9.59 Å². The molecular formula is C25H23N5O2. The molecule has 0 aliphatic heterocycles. The van der Waals surface area contributed by atoms with Crippen LogP contribution in [0.15, 0.2) is 83.9 Å². The molecule has 0 atom stereocenters. The van der Waals surface area contributed by atoms with Gasteiger partial charge in [0.1, 0.15) is 0 Å². The van der Waals surface area contributed by atoms with Gasteiger partial charge in [-0.15, -0.1) is 0 Å². The van der Waals surface area contributed by atoms with Gasteiger partial charge in [0.05, 0.1) is 12.0 Å². The maximum Gasteiger partial charge on any atom is 0.255 e. The van der Waals surface area contributed by atoms with Crippen molar-refractivity contribution in [2.75, 3.05) is 0 Å². The number of nitrogens with zero attached hydrogens (tertiary/aromatic N) is 3. The zero-order valence-electron chi connectivity index (χ0n) is 17.9. The Morgan fingerprint density at radius 2 is 1.50 bits per heavy atom.